The monoisotopic (exact) mass is 300 g/mol. The van der Waals surface area contributed by atoms with Crippen LogP contribution in [0.1, 0.15) is 36.8 Å². The predicted molar refractivity (Wildman–Crippen MR) is 76.8 cm³/mol. The topological polar surface area (TPSA) is 62.4 Å². The van der Waals surface area contributed by atoms with Gasteiger partial charge in [-0.25, -0.2) is 10.8 Å². The zero-order valence-corrected chi connectivity index (χ0v) is 11.8. The Labute approximate surface area is 121 Å². The minimum absolute atomic E-state index is 0.177. The summed E-state index contributed by atoms with van der Waals surface area (Å²) in [4.78, 5) is 4.39. The summed E-state index contributed by atoms with van der Waals surface area (Å²) in [6.07, 6.45) is -0.173. The molecule has 2 rings (SSSR count). The highest BCUT2D eigenvalue weighted by Crippen LogP contribution is 2.33. The van der Waals surface area contributed by atoms with E-state index in [4.69, 9.17) is 5.84 Å². The van der Waals surface area contributed by atoms with E-state index in [9.17, 15) is 13.2 Å². The van der Waals surface area contributed by atoms with E-state index < -0.39 is 11.7 Å². The van der Waals surface area contributed by atoms with Gasteiger partial charge in [-0.1, -0.05) is 18.9 Å². The molecule has 1 aliphatic carbocycles. The van der Waals surface area contributed by atoms with Crippen LogP contribution in [0.2, 0.25) is 0 Å². The van der Waals surface area contributed by atoms with E-state index in [1.165, 1.54) is 13.0 Å². The van der Waals surface area contributed by atoms with Crippen molar-refractivity contribution in [3.63, 3.8) is 0 Å². The molecule has 1 aromatic carbocycles. The Bertz CT molecular complexity index is 519. The fraction of sp³-hybridized carbons (Fsp3) is 0.500. The Kier molecular flexibility index (Phi) is 4.72. The van der Waals surface area contributed by atoms with E-state index in [1.54, 1.807) is 6.07 Å². The van der Waals surface area contributed by atoms with Crippen molar-refractivity contribution < 1.29 is 13.2 Å². The van der Waals surface area contributed by atoms with Crippen LogP contribution >= 0.6 is 0 Å². The van der Waals surface area contributed by atoms with Crippen LogP contribution in [0.4, 0.5) is 18.9 Å². The van der Waals surface area contributed by atoms with E-state index in [0.29, 0.717) is 11.6 Å². The first kappa shape index (κ1) is 15.6. The second kappa shape index (κ2) is 6.34. The molecule has 21 heavy (non-hydrogen) atoms. The summed E-state index contributed by atoms with van der Waals surface area (Å²) in [5, 5.41) is 2.81. The van der Waals surface area contributed by atoms with Crippen molar-refractivity contribution in [2.24, 2.45) is 10.8 Å². The molecule has 0 aromatic heterocycles. The maximum Gasteiger partial charge on any atom is 0.416 e. The molecule has 1 saturated carbocycles. The molecule has 0 heterocycles. The lowest BCUT2D eigenvalue weighted by molar-refractivity contribution is -0.138. The molecule has 116 valence electrons. The van der Waals surface area contributed by atoms with Crippen LogP contribution in [0.25, 0.3) is 0 Å². The van der Waals surface area contributed by atoms with Gasteiger partial charge in [0.25, 0.3) is 0 Å². The van der Waals surface area contributed by atoms with Gasteiger partial charge in [-0.05, 0) is 37.5 Å². The van der Waals surface area contributed by atoms with E-state index in [0.717, 1.165) is 31.7 Å². The number of aryl methyl sites for hydroxylation is 1. The number of halogens is 3. The maximum atomic E-state index is 12.9. The lowest BCUT2D eigenvalue weighted by atomic mass is 10.1. The van der Waals surface area contributed by atoms with Crippen LogP contribution in [-0.4, -0.2) is 12.0 Å². The van der Waals surface area contributed by atoms with Crippen LogP contribution in [0, 0.1) is 6.92 Å². The quantitative estimate of drug-likeness (QED) is 0.340. The number of hydrogen-bond acceptors (Lipinski definition) is 2. The van der Waals surface area contributed by atoms with Crippen molar-refractivity contribution in [2.45, 2.75) is 44.8 Å². The first-order valence-corrected chi connectivity index (χ1v) is 6.89. The molecule has 7 heteroatoms. The Balaban J connectivity index is 2.18. The minimum atomic E-state index is -4.37. The second-order valence-electron chi connectivity index (χ2n) is 5.21. The number of nitrogens with zero attached hydrogens (tertiary/aromatic N) is 1. The van der Waals surface area contributed by atoms with Gasteiger partial charge >= 0.3 is 6.18 Å². The van der Waals surface area contributed by atoms with E-state index in [1.807, 2.05) is 0 Å². The third-order valence-corrected chi connectivity index (χ3v) is 3.58. The largest absolute Gasteiger partial charge is 0.416 e. The fourth-order valence-corrected chi connectivity index (χ4v) is 2.46. The number of anilines is 1. The van der Waals surface area contributed by atoms with Crippen LogP contribution in [0.3, 0.4) is 0 Å². The SMILES string of the molecule is Cc1ccc(NC(=NC2CCCC2)NN)cc1C(F)(F)F. The standard InChI is InChI=1S/C14H19F3N4/c1-9-6-7-11(8-12(9)14(15,16)17)20-13(21-18)19-10-4-2-3-5-10/h6-8,10H,2-5,18H2,1H3,(H2,19,20,21). The first-order chi connectivity index (χ1) is 9.90. The van der Waals surface area contributed by atoms with E-state index in [-0.39, 0.29) is 11.6 Å². The zero-order chi connectivity index (χ0) is 15.5. The number of rotatable bonds is 2. The first-order valence-electron chi connectivity index (χ1n) is 6.89. The van der Waals surface area contributed by atoms with Gasteiger partial charge in [-0.15, -0.1) is 0 Å². The summed E-state index contributed by atoms with van der Waals surface area (Å²) < 4.78 is 38.6. The highest BCUT2D eigenvalue weighted by Gasteiger charge is 2.32. The van der Waals surface area contributed by atoms with Crippen molar-refractivity contribution in [1.82, 2.24) is 5.43 Å². The molecule has 1 aliphatic rings. The third-order valence-electron chi connectivity index (χ3n) is 3.58. The minimum Gasteiger partial charge on any atom is -0.325 e. The molecule has 0 radical (unpaired) electrons. The summed E-state index contributed by atoms with van der Waals surface area (Å²) >= 11 is 0. The van der Waals surface area contributed by atoms with Crippen molar-refractivity contribution >= 4 is 11.6 Å². The third kappa shape index (κ3) is 4.10. The average molecular weight is 300 g/mol. The Hall–Kier alpha value is -1.76. The summed E-state index contributed by atoms with van der Waals surface area (Å²) in [5.41, 5.74) is 2.24. The molecule has 0 spiro atoms. The van der Waals surface area contributed by atoms with Crippen LogP contribution in [-0.2, 0) is 6.18 Å². The second-order valence-corrected chi connectivity index (χ2v) is 5.21. The van der Waals surface area contributed by atoms with Gasteiger partial charge in [0.05, 0.1) is 11.6 Å². The molecule has 0 unspecified atom stereocenters. The summed E-state index contributed by atoms with van der Waals surface area (Å²) in [6.45, 7) is 1.43. The molecule has 0 bridgehead atoms. The molecule has 0 aliphatic heterocycles. The molecule has 0 amide bonds. The van der Waals surface area contributed by atoms with Crippen LogP contribution in [0.15, 0.2) is 23.2 Å². The van der Waals surface area contributed by atoms with E-state index >= 15 is 0 Å². The zero-order valence-electron chi connectivity index (χ0n) is 11.8. The molecule has 0 atom stereocenters. The number of benzene rings is 1. The number of hydrazine groups is 1. The number of nitrogens with one attached hydrogen (secondary N) is 2. The average Bonchev–Trinajstić information content (AvgIpc) is 2.91. The van der Waals surface area contributed by atoms with Crippen molar-refractivity contribution in [1.29, 1.82) is 0 Å². The van der Waals surface area contributed by atoms with Gasteiger partial charge in [0, 0.05) is 5.69 Å². The summed E-state index contributed by atoms with van der Waals surface area (Å²) in [6, 6.07) is 4.24. The van der Waals surface area contributed by atoms with Crippen molar-refractivity contribution in [2.75, 3.05) is 5.32 Å². The predicted octanol–water partition coefficient (Wildman–Crippen LogP) is 3.19. The lowest BCUT2D eigenvalue weighted by Gasteiger charge is -2.15. The fourth-order valence-electron chi connectivity index (χ4n) is 2.46. The summed E-state index contributed by atoms with van der Waals surface area (Å²) in [5.74, 6) is 5.68. The molecule has 0 saturated heterocycles. The van der Waals surface area contributed by atoms with E-state index in [2.05, 4.69) is 15.7 Å². The number of guanidine groups is 1. The van der Waals surface area contributed by atoms with Gasteiger partial charge in [0.15, 0.2) is 0 Å². The van der Waals surface area contributed by atoms with Gasteiger partial charge < -0.3 is 5.32 Å². The Morgan fingerprint density at radius 1 is 1.29 bits per heavy atom. The Morgan fingerprint density at radius 2 is 1.95 bits per heavy atom. The smallest absolute Gasteiger partial charge is 0.325 e. The lowest BCUT2D eigenvalue weighted by Crippen LogP contribution is -2.37. The molecule has 4 nitrogen and oxygen atoms in total. The van der Waals surface area contributed by atoms with Crippen molar-refractivity contribution in [3.05, 3.63) is 29.3 Å². The molecule has 4 N–H and O–H groups in total. The summed E-state index contributed by atoms with van der Waals surface area (Å²) in [7, 11) is 0. The number of nitrogens with two attached hydrogens (primary N) is 1. The highest BCUT2D eigenvalue weighted by atomic mass is 19.4. The normalized spacial score (nSPS) is 17.1. The van der Waals surface area contributed by atoms with Gasteiger partial charge in [0.1, 0.15) is 0 Å². The van der Waals surface area contributed by atoms with Gasteiger partial charge in [-0.3, -0.25) is 5.43 Å². The molecular weight excluding hydrogens is 281 g/mol. The molecule has 1 aromatic rings. The molecular formula is C14H19F3N4. The van der Waals surface area contributed by atoms with Crippen LogP contribution < -0.4 is 16.6 Å². The van der Waals surface area contributed by atoms with Gasteiger partial charge in [-0.2, -0.15) is 13.2 Å². The van der Waals surface area contributed by atoms with Crippen molar-refractivity contribution in [3.8, 4) is 0 Å². The van der Waals surface area contributed by atoms with Gasteiger partial charge in [0.2, 0.25) is 5.96 Å². The maximum absolute atomic E-state index is 12.9. The van der Waals surface area contributed by atoms with Crippen LogP contribution in [0.5, 0.6) is 0 Å². The highest BCUT2D eigenvalue weighted by molar-refractivity contribution is 5.93. The number of alkyl halides is 3. The Morgan fingerprint density at radius 3 is 2.52 bits per heavy atom. The number of aliphatic imine (C=N–C) groups is 1. The number of hydrogen-bond donors (Lipinski definition) is 3. The molecule has 1 fully saturated rings.